The Labute approximate surface area is 143 Å². The van der Waals surface area contributed by atoms with Crippen molar-refractivity contribution in [2.24, 2.45) is 5.92 Å². The maximum atomic E-state index is 12.6. The smallest absolute Gasteiger partial charge is 0.305 e. The Hall–Kier alpha value is -1.82. The van der Waals surface area contributed by atoms with Gasteiger partial charge in [-0.25, -0.2) is 0 Å². The molecule has 2 heterocycles. The average Bonchev–Trinajstić information content (AvgIpc) is 2.95. The number of nitrogens with one attached hydrogen (secondary N) is 1. The van der Waals surface area contributed by atoms with Gasteiger partial charge in [-0.2, -0.15) is 0 Å². The molecule has 0 spiro atoms. The molecule has 0 unspecified atom stereocenters. The zero-order chi connectivity index (χ0) is 16.4. The lowest BCUT2D eigenvalue weighted by molar-refractivity contribution is -0.142. The van der Waals surface area contributed by atoms with Crippen molar-refractivity contribution in [3.05, 3.63) is 34.4 Å². The highest BCUT2D eigenvalue weighted by atomic mass is 79.9. The second kappa shape index (κ2) is 6.74. The van der Waals surface area contributed by atoms with Gasteiger partial charge >= 0.3 is 5.97 Å². The lowest BCUT2D eigenvalue weighted by Crippen LogP contribution is -2.38. The molecular formula is C17H19BrN2O3. The van der Waals surface area contributed by atoms with Gasteiger partial charge in [0.15, 0.2) is 0 Å². The van der Waals surface area contributed by atoms with E-state index < -0.39 is 0 Å². The number of rotatable bonds is 3. The largest absolute Gasteiger partial charge is 0.469 e. The van der Waals surface area contributed by atoms with Crippen LogP contribution in [0.4, 0.5) is 0 Å². The molecule has 0 radical (unpaired) electrons. The van der Waals surface area contributed by atoms with E-state index in [2.05, 4.69) is 20.9 Å². The number of esters is 1. The molecule has 0 aliphatic carbocycles. The molecule has 1 amide bonds. The summed E-state index contributed by atoms with van der Waals surface area (Å²) in [6.45, 7) is 1.37. The Bertz CT molecular complexity index is 733. The van der Waals surface area contributed by atoms with E-state index in [0.29, 0.717) is 31.0 Å². The number of carbonyl (C=O) groups excluding carboxylic acids is 2. The van der Waals surface area contributed by atoms with Crippen LogP contribution in [0.3, 0.4) is 0 Å². The number of amides is 1. The Kier molecular flexibility index (Phi) is 4.71. The molecule has 23 heavy (non-hydrogen) atoms. The minimum Gasteiger partial charge on any atom is -0.469 e. The summed E-state index contributed by atoms with van der Waals surface area (Å²) >= 11 is 3.47. The molecule has 1 aromatic carbocycles. The van der Waals surface area contributed by atoms with E-state index in [1.165, 1.54) is 7.11 Å². The van der Waals surface area contributed by atoms with Crippen molar-refractivity contribution >= 4 is 38.7 Å². The SMILES string of the molecule is COC(=O)CC1CCN(C(=O)c2ccc3c(Br)c[nH]c3c2)CC1. The number of hydrogen-bond donors (Lipinski definition) is 1. The van der Waals surface area contributed by atoms with Crippen LogP contribution in [0, 0.1) is 5.92 Å². The Morgan fingerprint density at radius 2 is 2.09 bits per heavy atom. The molecule has 1 aliphatic rings. The van der Waals surface area contributed by atoms with Gasteiger partial charge in [-0.3, -0.25) is 9.59 Å². The number of ether oxygens (including phenoxy) is 1. The molecule has 0 bridgehead atoms. The van der Waals surface area contributed by atoms with E-state index in [1.807, 2.05) is 29.3 Å². The van der Waals surface area contributed by atoms with Gasteiger partial charge in [-0.15, -0.1) is 0 Å². The lowest BCUT2D eigenvalue weighted by atomic mass is 9.93. The summed E-state index contributed by atoms with van der Waals surface area (Å²) < 4.78 is 5.71. The number of likely N-dealkylation sites (tertiary alicyclic amines) is 1. The average molecular weight is 379 g/mol. The summed E-state index contributed by atoms with van der Waals surface area (Å²) in [7, 11) is 1.41. The predicted octanol–water partition coefficient (Wildman–Crippen LogP) is 3.35. The molecule has 1 N–H and O–H groups in total. The normalized spacial score (nSPS) is 15.8. The molecule has 5 nitrogen and oxygen atoms in total. The van der Waals surface area contributed by atoms with Crippen molar-refractivity contribution < 1.29 is 14.3 Å². The number of benzene rings is 1. The fourth-order valence-corrected chi connectivity index (χ4v) is 3.53. The van der Waals surface area contributed by atoms with Gasteiger partial charge in [-0.1, -0.05) is 6.07 Å². The summed E-state index contributed by atoms with van der Waals surface area (Å²) in [6, 6.07) is 5.71. The van der Waals surface area contributed by atoms with Gasteiger partial charge in [0, 0.05) is 46.6 Å². The highest BCUT2D eigenvalue weighted by Gasteiger charge is 2.25. The molecular weight excluding hydrogens is 360 g/mol. The molecule has 3 rings (SSSR count). The standard InChI is InChI=1S/C17H19BrN2O3/c1-23-16(21)8-11-4-6-20(7-5-11)17(22)12-2-3-13-14(18)10-19-15(13)9-12/h2-3,9-11,19H,4-8H2,1H3. The number of piperidine rings is 1. The Morgan fingerprint density at radius 3 is 2.78 bits per heavy atom. The van der Waals surface area contributed by atoms with Crippen molar-refractivity contribution in [1.82, 2.24) is 9.88 Å². The van der Waals surface area contributed by atoms with Crippen LogP contribution in [0.2, 0.25) is 0 Å². The molecule has 6 heteroatoms. The van der Waals surface area contributed by atoms with Crippen LogP contribution in [0.15, 0.2) is 28.9 Å². The number of aromatic nitrogens is 1. The quantitative estimate of drug-likeness (QED) is 0.832. The van der Waals surface area contributed by atoms with Crippen LogP contribution in [0.25, 0.3) is 10.9 Å². The zero-order valence-corrected chi connectivity index (χ0v) is 14.6. The number of nitrogens with zero attached hydrogens (tertiary/aromatic N) is 1. The number of H-pyrrole nitrogens is 1. The second-order valence-corrected chi connectivity index (χ2v) is 6.77. The van der Waals surface area contributed by atoms with Crippen molar-refractivity contribution in [2.45, 2.75) is 19.3 Å². The third kappa shape index (κ3) is 3.42. The van der Waals surface area contributed by atoms with Crippen molar-refractivity contribution in [2.75, 3.05) is 20.2 Å². The monoisotopic (exact) mass is 378 g/mol. The first-order valence-electron chi connectivity index (χ1n) is 7.71. The van der Waals surface area contributed by atoms with Crippen molar-refractivity contribution in [3.63, 3.8) is 0 Å². The van der Waals surface area contributed by atoms with Crippen LogP contribution < -0.4 is 0 Å². The second-order valence-electron chi connectivity index (χ2n) is 5.91. The van der Waals surface area contributed by atoms with Gasteiger partial charge in [0.05, 0.1) is 7.11 Å². The summed E-state index contributed by atoms with van der Waals surface area (Å²) in [4.78, 5) is 29.0. The van der Waals surface area contributed by atoms with Gasteiger partial charge in [-0.05, 0) is 46.8 Å². The zero-order valence-electron chi connectivity index (χ0n) is 13.0. The maximum absolute atomic E-state index is 12.6. The van der Waals surface area contributed by atoms with E-state index in [0.717, 1.165) is 28.2 Å². The number of methoxy groups -OCH3 is 1. The van der Waals surface area contributed by atoms with Crippen LogP contribution in [-0.2, 0) is 9.53 Å². The summed E-state index contributed by atoms with van der Waals surface area (Å²) in [5.41, 5.74) is 1.64. The lowest BCUT2D eigenvalue weighted by Gasteiger charge is -2.31. The van der Waals surface area contributed by atoms with E-state index in [-0.39, 0.29) is 11.9 Å². The van der Waals surface area contributed by atoms with Gasteiger partial charge < -0.3 is 14.6 Å². The Morgan fingerprint density at radius 1 is 1.35 bits per heavy atom. The summed E-state index contributed by atoms with van der Waals surface area (Å²) in [5, 5.41) is 1.07. The molecule has 1 aromatic heterocycles. The number of aromatic amines is 1. The molecule has 1 fully saturated rings. The van der Waals surface area contributed by atoms with Crippen LogP contribution in [-0.4, -0.2) is 42.0 Å². The molecule has 0 atom stereocenters. The topological polar surface area (TPSA) is 62.4 Å². The number of hydrogen-bond acceptors (Lipinski definition) is 3. The van der Waals surface area contributed by atoms with E-state index in [1.54, 1.807) is 0 Å². The van der Waals surface area contributed by atoms with Crippen molar-refractivity contribution in [3.8, 4) is 0 Å². The predicted molar refractivity (Wildman–Crippen MR) is 91.3 cm³/mol. The van der Waals surface area contributed by atoms with Gasteiger partial charge in [0.2, 0.25) is 0 Å². The minimum absolute atomic E-state index is 0.0501. The molecule has 1 aliphatic heterocycles. The summed E-state index contributed by atoms with van der Waals surface area (Å²) in [6.07, 6.45) is 4.01. The molecule has 1 saturated heterocycles. The van der Waals surface area contributed by atoms with Crippen LogP contribution in [0.5, 0.6) is 0 Å². The fourth-order valence-electron chi connectivity index (χ4n) is 3.07. The molecule has 0 saturated carbocycles. The van der Waals surface area contributed by atoms with E-state index in [4.69, 9.17) is 4.74 Å². The van der Waals surface area contributed by atoms with Crippen LogP contribution in [0.1, 0.15) is 29.6 Å². The number of carbonyl (C=O) groups is 2. The Balaban J connectivity index is 1.65. The van der Waals surface area contributed by atoms with Crippen LogP contribution >= 0.6 is 15.9 Å². The number of fused-ring (bicyclic) bond motifs is 1. The highest BCUT2D eigenvalue weighted by Crippen LogP contribution is 2.26. The molecule has 122 valence electrons. The number of halogens is 1. The van der Waals surface area contributed by atoms with Gasteiger partial charge in [0.25, 0.3) is 5.91 Å². The first-order chi connectivity index (χ1) is 11.1. The van der Waals surface area contributed by atoms with Gasteiger partial charge in [0.1, 0.15) is 0 Å². The fraction of sp³-hybridized carbons (Fsp3) is 0.412. The molecule has 2 aromatic rings. The maximum Gasteiger partial charge on any atom is 0.305 e. The van der Waals surface area contributed by atoms with E-state index >= 15 is 0 Å². The first-order valence-corrected chi connectivity index (χ1v) is 8.50. The highest BCUT2D eigenvalue weighted by molar-refractivity contribution is 9.10. The minimum atomic E-state index is -0.169. The van der Waals surface area contributed by atoms with E-state index in [9.17, 15) is 9.59 Å². The third-order valence-electron chi connectivity index (χ3n) is 4.46. The van der Waals surface area contributed by atoms with Crippen molar-refractivity contribution in [1.29, 1.82) is 0 Å². The first kappa shape index (κ1) is 16.1. The third-order valence-corrected chi connectivity index (χ3v) is 5.12. The summed E-state index contributed by atoms with van der Waals surface area (Å²) in [5.74, 6) is 0.194.